The van der Waals surface area contributed by atoms with Gasteiger partial charge in [-0.3, -0.25) is 4.79 Å². The minimum Gasteiger partial charge on any atom is -0.272 e. The Kier molecular flexibility index (Phi) is 7.02. The molecule has 0 radical (unpaired) electrons. The molecule has 1 aliphatic carbocycles. The van der Waals surface area contributed by atoms with Gasteiger partial charge in [0.15, 0.2) is 0 Å². The van der Waals surface area contributed by atoms with Crippen molar-refractivity contribution in [2.45, 2.75) is 30.5 Å². The van der Waals surface area contributed by atoms with Crippen molar-refractivity contribution in [2.75, 3.05) is 5.75 Å². The number of amides is 1. The minimum absolute atomic E-state index is 0.0282. The van der Waals surface area contributed by atoms with Gasteiger partial charge in [0.1, 0.15) is 11.6 Å². The van der Waals surface area contributed by atoms with Gasteiger partial charge in [-0.05, 0) is 88.9 Å². The number of hydrazone groups is 1. The molecule has 3 aromatic carbocycles. The Morgan fingerprint density at radius 1 is 0.974 bits per heavy atom. The highest BCUT2D eigenvalue weighted by atomic mass is 32.2. The zero-order chi connectivity index (χ0) is 26.8. The highest BCUT2D eigenvalue weighted by molar-refractivity contribution is 7.99. The fraction of sp³-hybridized carbons (Fsp3) is 0.207. The molecular weight excluding hydrogens is 518 g/mol. The van der Waals surface area contributed by atoms with Crippen LogP contribution in [0, 0.1) is 17.6 Å². The molecular formula is C29H24F2N6OS. The number of rotatable bonds is 6. The number of nitrogens with zero attached hydrogens (tertiary/aromatic N) is 6. The zero-order valence-corrected chi connectivity index (χ0v) is 21.6. The molecule has 0 unspecified atom stereocenters. The molecule has 196 valence electrons. The molecule has 39 heavy (non-hydrogen) atoms. The third-order valence-corrected chi connectivity index (χ3v) is 7.85. The number of hydrogen-bond donors (Lipinski definition) is 0. The van der Waals surface area contributed by atoms with Gasteiger partial charge in [0.2, 0.25) is 5.16 Å². The highest BCUT2D eigenvalue weighted by Gasteiger charge is 2.43. The van der Waals surface area contributed by atoms with Gasteiger partial charge < -0.3 is 0 Å². The van der Waals surface area contributed by atoms with Crippen LogP contribution in [0.5, 0.6) is 0 Å². The quantitative estimate of drug-likeness (QED) is 0.286. The average Bonchev–Trinajstić information content (AvgIpc) is 3.60. The lowest BCUT2D eigenvalue weighted by Gasteiger charge is -2.29. The number of benzene rings is 3. The molecule has 0 N–H and O–H groups in total. The molecule has 7 nitrogen and oxygen atoms in total. The van der Waals surface area contributed by atoms with E-state index in [-0.39, 0.29) is 35.3 Å². The molecule has 0 bridgehead atoms. The van der Waals surface area contributed by atoms with Gasteiger partial charge in [-0.25, -0.2) is 13.8 Å². The number of tetrazole rings is 1. The minimum atomic E-state index is -0.351. The number of hydrogen-bond acceptors (Lipinski definition) is 6. The maximum atomic E-state index is 13.8. The molecule has 6 rings (SSSR count). The Hall–Kier alpha value is -4.18. The fourth-order valence-corrected chi connectivity index (χ4v) is 5.90. The second-order valence-corrected chi connectivity index (χ2v) is 10.4. The standard InChI is InChI=1S/C29H24F2N6OS/c30-22-13-9-19(10-14-22)17-21-5-4-8-25-27(21)33-37(28(25)20-11-15-23(31)16-12-20)26(38)18-39-29-32-34-35-36(29)24-6-2-1-3-7-24/h1-3,6-7,9-17,25,28H,4-5,8,18H2/b21-17-/t25-,28-/m0/s1. The lowest BCUT2D eigenvalue weighted by atomic mass is 9.77. The van der Waals surface area contributed by atoms with Gasteiger partial charge in [0.25, 0.3) is 5.91 Å². The number of carbonyl (C=O) groups is 1. The van der Waals surface area contributed by atoms with Crippen molar-refractivity contribution in [2.24, 2.45) is 11.0 Å². The summed E-state index contributed by atoms with van der Waals surface area (Å²) < 4.78 is 28.8. The first-order chi connectivity index (χ1) is 19.1. The van der Waals surface area contributed by atoms with Crippen molar-refractivity contribution in [1.82, 2.24) is 25.2 Å². The number of aromatic nitrogens is 4. The molecule has 0 spiro atoms. The van der Waals surface area contributed by atoms with Crippen LogP contribution in [-0.2, 0) is 4.79 Å². The topological polar surface area (TPSA) is 76.3 Å². The van der Waals surface area contributed by atoms with Crippen LogP contribution in [0.25, 0.3) is 11.8 Å². The molecule has 0 saturated heterocycles. The number of fused-ring (bicyclic) bond motifs is 1. The van der Waals surface area contributed by atoms with Crippen LogP contribution < -0.4 is 0 Å². The van der Waals surface area contributed by atoms with E-state index in [9.17, 15) is 13.6 Å². The number of halogens is 2. The van der Waals surface area contributed by atoms with E-state index in [4.69, 9.17) is 5.10 Å². The second-order valence-electron chi connectivity index (χ2n) is 9.44. The fourth-order valence-electron chi connectivity index (χ4n) is 5.15. The molecule has 2 aliphatic rings. The SMILES string of the molecule is O=C(CSc1nnnn1-c1ccccc1)N1N=C2/C(=C\c3ccc(F)cc3)CCC[C@@H]2[C@@H]1c1ccc(F)cc1. The van der Waals surface area contributed by atoms with Gasteiger partial charge >= 0.3 is 0 Å². The van der Waals surface area contributed by atoms with Crippen molar-refractivity contribution < 1.29 is 13.6 Å². The molecule has 1 aromatic heterocycles. The number of allylic oxidation sites excluding steroid dienone is 1. The van der Waals surface area contributed by atoms with Crippen LogP contribution in [0.3, 0.4) is 0 Å². The lowest BCUT2D eigenvalue weighted by Crippen LogP contribution is -2.33. The Balaban J connectivity index is 1.30. The zero-order valence-electron chi connectivity index (χ0n) is 20.8. The largest absolute Gasteiger partial charge is 0.272 e. The lowest BCUT2D eigenvalue weighted by molar-refractivity contribution is -0.130. The van der Waals surface area contributed by atoms with Crippen LogP contribution in [0.15, 0.2) is 94.7 Å². The van der Waals surface area contributed by atoms with Crippen LogP contribution >= 0.6 is 11.8 Å². The molecule has 2 atom stereocenters. The normalized spacial score (nSPS) is 19.7. The van der Waals surface area contributed by atoms with Gasteiger partial charge in [-0.1, -0.05) is 54.2 Å². The molecule has 2 heterocycles. The van der Waals surface area contributed by atoms with Crippen LogP contribution in [0.1, 0.15) is 36.4 Å². The summed E-state index contributed by atoms with van der Waals surface area (Å²) in [6.45, 7) is 0. The van der Waals surface area contributed by atoms with E-state index in [1.54, 1.807) is 34.0 Å². The first-order valence-electron chi connectivity index (χ1n) is 12.7. The molecule has 1 amide bonds. The van der Waals surface area contributed by atoms with E-state index >= 15 is 0 Å². The Morgan fingerprint density at radius 2 is 1.69 bits per heavy atom. The molecule has 10 heteroatoms. The Bertz CT molecular complexity index is 1540. The predicted octanol–water partition coefficient (Wildman–Crippen LogP) is 5.86. The first kappa shape index (κ1) is 25.1. The van der Waals surface area contributed by atoms with Crippen LogP contribution in [0.4, 0.5) is 8.78 Å². The van der Waals surface area contributed by atoms with Gasteiger partial charge in [-0.15, -0.1) is 5.10 Å². The van der Waals surface area contributed by atoms with Gasteiger partial charge in [-0.2, -0.15) is 9.78 Å². The van der Waals surface area contributed by atoms with Crippen LogP contribution in [0.2, 0.25) is 0 Å². The summed E-state index contributed by atoms with van der Waals surface area (Å²) in [5.74, 6) is -0.773. The monoisotopic (exact) mass is 542 g/mol. The van der Waals surface area contributed by atoms with Crippen molar-refractivity contribution in [3.63, 3.8) is 0 Å². The van der Waals surface area contributed by atoms with E-state index in [1.807, 2.05) is 36.4 Å². The summed E-state index contributed by atoms with van der Waals surface area (Å²) >= 11 is 1.24. The second kappa shape index (κ2) is 10.9. The first-order valence-corrected chi connectivity index (χ1v) is 13.6. The predicted molar refractivity (Wildman–Crippen MR) is 145 cm³/mol. The highest BCUT2D eigenvalue weighted by Crippen LogP contribution is 2.44. The Morgan fingerprint density at radius 3 is 2.44 bits per heavy atom. The average molecular weight is 543 g/mol. The van der Waals surface area contributed by atoms with Crippen molar-refractivity contribution >= 4 is 29.5 Å². The number of carbonyl (C=O) groups excluding carboxylic acids is 1. The van der Waals surface area contributed by atoms with Crippen molar-refractivity contribution in [3.8, 4) is 5.69 Å². The Labute approximate surface area is 228 Å². The molecule has 4 aromatic rings. The van der Waals surface area contributed by atoms with E-state index in [2.05, 4.69) is 15.5 Å². The van der Waals surface area contributed by atoms with E-state index in [0.29, 0.717) is 5.16 Å². The summed E-state index contributed by atoms with van der Waals surface area (Å²) in [6, 6.07) is 21.7. The van der Waals surface area contributed by atoms with E-state index < -0.39 is 0 Å². The smallest absolute Gasteiger partial charge is 0.253 e. The van der Waals surface area contributed by atoms with Crippen LogP contribution in [-0.4, -0.2) is 42.6 Å². The van der Waals surface area contributed by atoms with Crippen molar-refractivity contribution in [3.05, 3.63) is 107 Å². The number of thioether (sulfide) groups is 1. The molecule has 1 saturated carbocycles. The van der Waals surface area contributed by atoms with Gasteiger partial charge in [0, 0.05) is 5.92 Å². The summed E-state index contributed by atoms with van der Waals surface area (Å²) in [5, 5.41) is 18.8. The summed E-state index contributed by atoms with van der Waals surface area (Å²) in [4.78, 5) is 13.7. The van der Waals surface area contributed by atoms with Crippen molar-refractivity contribution in [1.29, 1.82) is 0 Å². The third kappa shape index (κ3) is 5.24. The summed E-state index contributed by atoms with van der Waals surface area (Å²) in [6.07, 6.45) is 4.61. The van der Waals surface area contributed by atoms with E-state index in [0.717, 1.165) is 47.4 Å². The summed E-state index contributed by atoms with van der Waals surface area (Å²) in [5.41, 5.74) is 4.38. The molecule has 1 fully saturated rings. The van der Waals surface area contributed by atoms with E-state index in [1.165, 1.54) is 36.0 Å². The third-order valence-electron chi connectivity index (χ3n) is 6.95. The number of para-hydroxylation sites is 1. The van der Waals surface area contributed by atoms with Gasteiger partial charge in [0.05, 0.1) is 23.2 Å². The molecule has 1 aliphatic heterocycles. The summed E-state index contributed by atoms with van der Waals surface area (Å²) in [7, 11) is 0. The maximum Gasteiger partial charge on any atom is 0.253 e. The maximum absolute atomic E-state index is 13.8.